The van der Waals surface area contributed by atoms with E-state index in [1.165, 1.54) is 12.1 Å². The van der Waals surface area contributed by atoms with E-state index >= 15 is 0 Å². The summed E-state index contributed by atoms with van der Waals surface area (Å²) in [5, 5.41) is 10.4. The number of benzene rings is 1. The summed E-state index contributed by atoms with van der Waals surface area (Å²) in [5.41, 5.74) is 0.187. The Morgan fingerprint density at radius 3 is 2.00 bits per heavy atom. The van der Waals surface area contributed by atoms with Crippen LogP contribution in [0, 0.1) is 0 Å². The number of rotatable bonds is 6. The van der Waals surface area contributed by atoms with Crippen molar-refractivity contribution >= 4 is 23.9 Å². The Kier molecular flexibility index (Phi) is 7.68. The first kappa shape index (κ1) is 22.3. The van der Waals surface area contributed by atoms with Crippen LogP contribution in [0.5, 0.6) is 0 Å². The summed E-state index contributed by atoms with van der Waals surface area (Å²) in [4.78, 5) is 46.7. The summed E-state index contributed by atoms with van der Waals surface area (Å²) in [7, 11) is 0. The van der Waals surface area contributed by atoms with E-state index in [0.29, 0.717) is 0 Å². The number of hydrogen-bond acceptors (Lipinski definition) is 10. The van der Waals surface area contributed by atoms with Crippen LogP contribution in [0.15, 0.2) is 30.3 Å². The Bertz CT molecular complexity index is 747. The highest BCUT2D eigenvalue weighted by Gasteiger charge is 2.52. The molecule has 1 aromatic carbocycles. The van der Waals surface area contributed by atoms with Gasteiger partial charge in [-0.2, -0.15) is 0 Å². The molecule has 0 bridgehead atoms. The first-order chi connectivity index (χ1) is 13.7. The van der Waals surface area contributed by atoms with Gasteiger partial charge in [0.15, 0.2) is 24.6 Å². The smallest absolute Gasteiger partial charge is 0.338 e. The second-order valence-corrected chi connectivity index (χ2v) is 6.25. The normalized spacial score (nSPS) is 26.1. The lowest BCUT2D eigenvalue weighted by Gasteiger charge is -2.42. The first-order valence-electron chi connectivity index (χ1n) is 8.76. The number of ether oxygens (including phenoxy) is 5. The zero-order chi connectivity index (χ0) is 21.6. The third kappa shape index (κ3) is 6.26. The van der Waals surface area contributed by atoms with Crippen molar-refractivity contribution in [3.63, 3.8) is 0 Å². The summed E-state index contributed by atoms with van der Waals surface area (Å²) in [5.74, 6) is -2.96. The quantitative estimate of drug-likeness (QED) is 0.517. The number of aliphatic hydroxyl groups excluding tert-OH is 1. The molecule has 158 valence electrons. The van der Waals surface area contributed by atoms with E-state index in [-0.39, 0.29) is 12.2 Å². The Labute approximate surface area is 166 Å². The van der Waals surface area contributed by atoms with Gasteiger partial charge in [0.25, 0.3) is 0 Å². The van der Waals surface area contributed by atoms with Gasteiger partial charge in [0, 0.05) is 20.8 Å². The monoisotopic (exact) mass is 410 g/mol. The molecule has 0 spiro atoms. The molecule has 1 fully saturated rings. The molecule has 1 aliphatic heterocycles. The van der Waals surface area contributed by atoms with E-state index in [2.05, 4.69) is 0 Å². The minimum Gasteiger partial charge on any atom is -0.463 e. The van der Waals surface area contributed by atoms with Crippen LogP contribution in [0.4, 0.5) is 0 Å². The second-order valence-electron chi connectivity index (χ2n) is 6.25. The lowest BCUT2D eigenvalue weighted by Crippen LogP contribution is -2.62. The Hall–Kier alpha value is -2.98. The highest BCUT2D eigenvalue weighted by molar-refractivity contribution is 5.89. The summed E-state index contributed by atoms with van der Waals surface area (Å²) in [6.07, 6.45) is -7.08. The number of esters is 4. The zero-order valence-corrected chi connectivity index (χ0v) is 16.1. The molecule has 2 rings (SSSR count). The molecule has 10 nitrogen and oxygen atoms in total. The number of carbonyl (C=O) groups excluding carboxylic acids is 4. The van der Waals surface area contributed by atoms with E-state index in [0.717, 1.165) is 20.8 Å². The van der Waals surface area contributed by atoms with Gasteiger partial charge in [-0.25, -0.2) is 4.79 Å². The molecule has 1 aromatic rings. The highest BCUT2D eigenvalue weighted by Crippen LogP contribution is 2.28. The van der Waals surface area contributed by atoms with Crippen molar-refractivity contribution in [2.45, 2.75) is 51.5 Å². The van der Waals surface area contributed by atoms with Gasteiger partial charge in [0.2, 0.25) is 0 Å². The van der Waals surface area contributed by atoms with Crippen LogP contribution in [0.1, 0.15) is 31.1 Å². The summed E-state index contributed by atoms with van der Waals surface area (Å²) < 4.78 is 25.9. The molecule has 0 unspecified atom stereocenters. The molecule has 0 aliphatic carbocycles. The van der Waals surface area contributed by atoms with E-state index < -0.39 is 54.6 Å². The Morgan fingerprint density at radius 1 is 0.862 bits per heavy atom. The Morgan fingerprint density at radius 2 is 1.45 bits per heavy atom. The van der Waals surface area contributed by atoms with Gasteiger partial charge in [-0.3, -0.25) is 14.4 Å². The molecule has 0 radical (unpaired) electrons. The first-order valence-corrected chi connectivity index (χ1v) is 8.76. The van der Waals surface area contributed by atoms with Gasteiger partial charge in [0.05, 0.1) is 5.56 Å². The molecular weight excluding hydrogens is 388 g/mol. The highest BCUT2D eigenvalue weighted by atomic mass is 16.7. The third-order valence-electron chi connectivity index (χ3n) is 3.92. The van der Waals surface area contributed by atoms with Crippen LogP contribution >= 0.6 is 0 Å². The largest absolute Gasteiger partial charge is 0.463 e. The van der Waals surface area contributed by atoms with Crippen LogP contribution < -0.4 is 0 Å². The van der Waals surface area contributed by atoms with E-state index in [4.69, 9.17) is 23.7 Å². The lowest BCUT2D eigenvalue weighted by molar-refractivity contribution is -0.292. The predicted octanol–water partition coefficient (Wildman–Crippen LogP) is 0.356. The molecule has 1 saturated heterocycles. The fraction of sp³-hybridized carbons (Fsp3) is 0.474. The molecule has 0 amide bonds. The van der Waals surface area contributed by atoms with Gasteiger partial charge in [-0.1, -0.05) is 18.2 Å². The molecule has 1 aliphatic rings. The van der Waals surface area contributed by atoms with Crippen LogP contribution in [-0.2, 0) is 38.1 Å². The molecule has 5 atom stereocenters. The third-order valence-corrected chi connectivity index (χ3v) is 3.92. The molecule has 1 heterocycles. The predicted molar refractivity (Wildman–Crippen MR) is 94.3 cm³/mol. The molecule has 10 heteroatoms. The molecular formula is C19H22O10. The maximum absolute atomic E-state index is 12.4. The number of hydrogen-bond donors (Lipinski definition) is 1. The second kappa shape index (κ2) is 9.99. The molecule has 1 N–H and O–H groups in total. The van der Waals surface area contributed by atoms with E-state index in [1.807, 2.05) is 0 Å². The van der Waals surface area contributed by atoms with Crippen LogP contribution in [0.2, 0.25) is 0 Å². The van der Waals surface area contributed by atoms with Gasteiger partial charge < -0.3 is 28.8 Å². The maximum Gasteiger partial charge on any atom is 0.338 e. The van der Waals surface area contributed by atoms with E-state index in [1.54, 1.807) is 18.2 Å². The average Bonchev–Trinajstić information content (AvgIpc) is 2.65. The van der Waals surface area contributed by atoms with Crippen LogP contribution in [0.25, 0.3) is 0 Å². The van der Waals surface area contributed by atoms with Crippen molar-refractivity contribution < 1.29 is 48.0 Å². The van der Waals surface area contributed by atoms with E-state index in [9.17, 15) is 24.3 Å². The van der Waals surface area contributed by atoms with Crippen molar-refractivity contribution in [3.05, 3.63) is 35.9 Å². The van der Waals surface area contributed by atoms with Crippen molar-refractivity contribution in [2.75, 3.05) is 6.61 Å². The van der Waals surface area contributed by atoms with Gasteiger partial charge in [-0.05, 0) is 12.1 Å². The van der Waals surface area contributed by atoms with Crippen molar-refractivity contribution in [3.8, 4) is 0 Å². The van der Waals surface area contributed by atoms with Crippen LogP contribution in [0.3, 0.4) is 0 Å². The summed E-state index contributed by atoms with van der Waals surface area (Å²) in [6, 6.07) is 7.92. The van der Waals surface area contributed by atoms with Gasteiger partial charge in [0.1, 0.15) is 12.7 Å². The maximum atomic E-state index is 12.4. The lowest BCUT2D eigenvalue weighted by atomic mass is 9.98. The summed E-state index contributed by atoms with van der Waals surface area (Å²) >= 11 is 0. The zero-order valence-electron chi connectivity index (χ0n) is 16.1. The molecule has 29 heavy (non-hydrogen) atoms. The van der Waals surface area contributed by atoms with Crippen LogP contribution in [-0.4, -0.2) is 66.3 Å². The SMILES string of the molecule is CC(=O)OC[C@H]1O[C@H](O)[C@@H](OC(=O)c2ccccc2)[C@@H](OC(C)=O)[C@@H]1OC(C)=O. The number of carbonyl (C=O) groups is 4. The molecule has 0 aromatic heterocycles. The standard InChI is InChI=1S/C19H22O10/c1-10(20)25-9-14-15(26-11(2)21)16(27-12(3)22)17(19(24)28-14)29-18(23)13-7-5-4-6-8-13/h4-8,14-17,19,24H,9H2,1-3H3/t14-,15-,16+,17+,19+/m1/s1. The summed E-state index contributed by atoms with van der Waals surface area (Å²) in [6.45, 7) is 2.99. The van der Waals surface area contributed by atoms with Crippen molar-refractivity contribution in [2.24, 2.45) is 0 Å². The van der Waals surface area contributed by atoms with Gasteiger partial charge >= 0.3 is 23.9 Å². The van der Waals surface area contributed by atoms with Gasteiger partial charge in [-0.15, -0.1) is 0 Å². The van der Waals surface area contributed by atoms with Crippen molar-refractivity contribution in [1.82, 2.24) is 0 Å². The fourth-order valence-corrected chi connectivity index (χ4v) is 2.78. The Balaban J connectivity index is 2.30. The minimum atomic E-state index is -1.74. The average molecular weight is 410 g/mol. The fourth-order valence-electron chi connectivity index (χ4n) is 2.78. The minimum absolute atomic E-state index is 0.187. The number of aliphatic hydroxyl groups is 1. The molecule has 0 saturated carbocycles. The topological polar surface area (TPSA) is 135 Å². The van der Waals surface area contributed by atoms with Crippen molar-refractivity contribution in [1.29, 1.82) is 0 Å².